The van der Waals surface area contributed by atoms with E-state index in [2.05, 4.69) is 34.4 Å². The Kier molecular flexibility index (Phi) is 3.36. The Labute approximate surface area is 116 Å². The van der Waals surface area contributed by atoms with Crippen LogP contribution in [-0.2, 0) is 0 Å². The molecule has 0 bridgehead atoms. The summed E-state index contributed by atoms with van der Waals surface area (Å²) in [6, 6.07) is 10.3. The number of thiazole rings is 1. The molecule has 19 heavy (non-hydrogen) atoms. The summed E-state index contributed by atoms with van der Waals surface area (Å²) in [6.07, 6.45) is 1.08. The molecule has 4 nitrogen and oxygen atoms in total. The van der Waals surface area contributed by atoms with Gasteiger partial charge in [-0.05, 0) is 32.1 Å². The molecule has 1 aliphatic rings. The molecule has 3 rings (SSSR count). The van der Waals surface area contributed by atoms with Crippen LogP contribution in [0.15, 0.2) is 24.3 Å². The highest BCUT2D eigenvalue weighted by atomic mass is 32.1. The molecule has 1 N–H and O–H groups in total. The van der Waals surface area contributed by atoms with Gasteiger partial charge in [-0.2, -0.15) is 5.26 Å². The van der Waals surface area contributed by atoms with Crippen LogP contribution in [0.5, 0.6) is 0 Å². The van der Waals surface area contributed by atoms with Crippen LogP contribution in [0.2, 0.25) is 0 Å². The van der Waals surface area contributed by atoms with Gasteiger partial charge in [0.2, 0.25) is 0 Å². The van der Waals surface area contributed by atoms with Gasteiger partial charge in [0.25, 0.3) is 0 Å². The first-order valence-electron chi connectivity index (χ1n) is 6.46. The molecule has 1 aromatic carbocycles. The fourth-order valence-electron chi connectivity index (χ4n) is 2.56. The molecule has 2 atom stereocenters. The number of para-hydroxylation sites is 1. The van der Waals surface area contributed by atoms with Crippen molar-refractivity contribution in [2.45, 2.75) is 12.5 Å². The summed E-state index contributed by atoms with van der Waals surface area (Å²) in [5.74, 6) is 0.391. The highest BCUT2D eigenvalue weighted by Gasteiger charge is 2.28. The summed E-state index contributed by atoms with van der Waals surface area (Å²) in [5, 5.41) is 13.5. The second-order valence-corrected chi connectivity index (χ2v) is 6.08. The maximum absolute atomic E-state index is 9.35. The van der Waals surface area contributed by atoms with Gasteiger partial charge in [-0.15, -0.1) is 0 Å². The second kappa shape index (κ2) is 5.16. The topological polar surface area (TPSA) is 52.0 Å². The van der Waals surface area contributed by atoms with Crippen molar-refractivity contribution in [1.82, 2.24) is 9.88 Å². The van der Waals surface area contributed by atoms with E-state index in [0.29, 0.717) is 5.92 Å². The van der Waals surface area contributed by atoms with E-state index in [-0.39, 0.29) is 6.04 Å². The number of nitrogens with one attached hydrogen (secondary N) is 1. The molecule has 0 amide bonds. The van der Waals surface area contributed by atoms with Gasteiger partial charge in [-0.25, -0.2) is 4.98 Å². The number of anilines is 1. The van der Waals surface area contributed by atoms with Crippen molar-refractivity contribution >= 4 is 26.7 Å². The lowest BCUT2D eigenvalue weighted by Gasteiger charge is -2.17. The summed E-state index contributed by atoms with van der Waals surface area (Å²) < 4.78 is 1.16. The number of likely N-dealkylation sites (tertiary alicyclic amines) is 1. The zero-order valence-corrected chi connectivity index (χ0v) is 11.7. The van der Waals surface area contributed by atoms with Crippen molar-refractivity contribution in [1.29, 1.82) is 5.26 Å². The third-order valence-electron chi connectivity index (χ3n) is 3.61. The zero-order chi connectivity index (χ0) is 13.2. The van der Waals surface area contributed by atoms with E-state index in [0.717, 1.165) is 34.9 Å². The molecule has 0 aliphatic carbocycles. The van der Waals surface area contributed by atoms with Gasteiger partial charge in [0.15, 0.2) is 5.13 Å². The number of nitrogens with zero attached hydrogens (tertiary/aromatic N) is 3. The normalized spacial score (nSPS) is 21.4. The number of aromatic nitrogens is 1. The molecule has 5 heteroatoms. The Morgan fingerprint density at radius 2 is 2.37 bits per heavy atom. The zero-order valence-electron chi connectivity index (χ0n) is 10.8. The molecule has 0 radical (unpaired) electrons. The predicted molar refractivity (Wildman–Crippen MR) is 78.2 cm³/mol. The van der Waals surface area contributed by atoms with E-state index in [1.807, 2.05) is 18.2 Å². The number of nitriles is 1. The van der Waals surface area contributed by atoms with Gasteiger partial charge < -0.3 is 10.2 Å². The molecule has 0 spiro atoms. The molecular weight excluding hydrogens is 256 g/mol. The van der Waals surface area contributed by atoms with Gasteiger partial charge in [-0.1, -0.05) is 23.5 Å². The smallest absolute Gasteiger partial charge is 0.184 e. The quantitative estimate of drug-likeness (QED) is 0.933. The first-order chi connectivity index (χ1) is 9.26. The fraction of sp³-hybridized carbons (Fsp3) is 0.429. The van der Waals surface area contributed by atoms with Crippen LogP contribution in [0.25, 0.3) is 10.2 Å². The molecule has 2 unspecified atom stereocenters. The molecular formula is C14H16N4S. The standard InChI is InChI=1S/C14H16N4S/c1-18-7-6-10(9-18)12(8-15)17-14-16-11-4-2-3-5-13(11)19-14/h2-5,10,12H,6-7,9H2,1H3,(H,16,17). The molecule has 2 heterocycles. The average Bonchev–Trinajstić information content (AvgIpc) is 3.01. The lowest BCUT2D eigenvalue weighted by atomic mass is 10.0. The number of benzene rings is 1. The number of rotatable bonds is 3. The molecule has 1 aromatic heterocycles. The first kappa shape index (κ1) is 12.4. The Bertz CT molecular complexity index is 582. The van der Waals surface area contributed by atoms with E-state index < -0.39 is 0 Å². The van der Waals surface area contributed by atoms with Crippen LogP contribution < -0.4 is 5.32 Å². The van der Waals surface area contributed by atoms with Crippen molar-refractivity contribution in [2.75, 3.05) is 25.5 Å². The summed E-state index contributed by atoms with van der Waals surface area (Å²) >= 11 is 1.61. The van der Waals surface area contributed by atoms with E-state index in [9.17, 15) is 5.26 Å². The third kappa shape index (κ3) is 2.55. The minimum atomic E-state index is -0.148. The van der Waals surface area contributed by atoms with Crippen molar-refractivity contribution in [3.05, 3.63) is 24.3 Å². The molecule has 1 fully saturated rings. The van der Waals surface area contributed by atoms with Crippen LogP contribution in [0.4, 0.5) is 5.13 Å². The van der Waals surface area contributed by atoms with Gasteiger partial charge in [-0.3, -0.25) is 0 Å². The van der Waals surface area contributed by atoms with Gasteiger partial charge in [0, 0.05) is 12.5 Å². The van der Waals surface area contributed by atoms with Crippen molar-refractivity contribution in [2.24, 2.45) is 5.92 Å². The maximum Gasteiger partial charge on any atom is 0.184 e. The van der Waals surface area contributed by atoms with E-state index >= 15 is 0 Å². The predicted octanol–water partition coefficient (Wildman–Crippen LogP) is 2.55. The van der Waals surface area contributed by atoms with Crippen LogP contribution in [0, 0.1) is 17.2 Å². The molecule has 1 aliphatic heterocycles. The molecule has 0 saturated carbocycles. The molecule has 98 valence electrons. The van der Waals surface area contributed by atoms with Crippen LogP contribution >= 0.6 is 11.3 Å². The van der Waals surface area contributed by atoms with E-state index in [1.54, 1.807) is 11.3 Å². The number of fused-ring (bicyclic) bond motifs is 1. The lowest BCUT2D eigenvalue weighted by molar-refractivity contribution is 0.390. The van der Waals surface area contributed by atoms with Gasteiger partial charge >= 0.3 is 0 Å². The van der Waals surface area contributed by atoms with Gasteiger partial charge in [0.1, 0.15) is 6.04 Å². The largest absolute Gasteiger partial charge is 0.346 e. The number of hydrogen-bond donors (Lipinski definition) is 1. The van der Waals surface area contributed by atoms with Crippen LogP contribution in [-0.4, -0.2) is 36.1 Å². The summed E-state index contributed by atoms with van der Waals surface area (Å²) in [6.45, 7) is 2.06. The highest BCUT2D eigenvalue weighted by Crippen LogP contribution is 2.28. The Morgan fingerprint density at radius 1 is 1.53 bits per heavy atom. The third-order valence-corrected chi connectivity index (χ3v) is 4.58. The van der Waals surface area contributed by atoms with Crippen molar-refractivity contribution < 1.29 is 0 Å². The fourth-order valence-corrected chi connectivity index (χ4v) is 3.47. The van der Waals surface area contributed by atoms with E-state index in [1.165, 1.54) is 0 Å². The van der Waals surface area contributed by atoms with Crippen molar-refractivity contribution in [3.63, 3.8) is 0 Å². The van der Waals surface area contributed by atoms with E-state index in [4.69, 9.17) is 0 Å². The Balaban J connectivity index is 1.77. The van der Waals surface area contributed by atoms with Crippen LogP contribution in [0.1, 0.15) is 6.42 Å². The average molecular weight is 272 g/mol. The summed E-state index contributed by atoms with van der Waals surface area (Å²) in [5.41, 5.74) is 0.996. The maximum atomic E-state index is 9.35. The molecule has 1 saturated heterocycles. The minimum absolute atomic E-state index is 0.148. The van der Waals surface area contributed by atoms with Gasteiger partial charge in [0.05, 0.1) is 16.3 Å². The SMILES string of the molecule is CN1CCC(C(C#N)Nc2nc3ccccc3s2)C1. The van der Waals surface area contributed by atoms with Crippen molar-refractivity contribution in [3.8, 4) is 6.07 Å². The minimum Gasteiger partial charge on any atom is -0.346 e. The molecule has 2 aromatic rings. The highest BCUT2D eigenvalue weighted by molar-refractivity contribution is 7.22. The Morgan fingerprint density at radius 3 is 3.05 bits per heavy atom. The monoisotopic (exact) mass is 272 g/mol. The number of hydrogen-bond acceptors (Lipinski definition) is 5. The summed E-state index contributed by atoms with van der Waals surface area (Å²) in [4.78, 5) is 6.81. The first-order valence-corrected chi connectivity index (χ1v) is 7.28. The Hall–Kier alpha value is -1.64. The summed E-state index contributed by atoms with van der Waals surface area (Å²) in [7, 11) is 2.10. The van der Waals surface area contributed by atoms with Crippen LogP contribution in [0.3, 0.4) is 0 Å². The second-order valence-electron chi connectivity index (χ2n) is 5.05. The lowest BCUT2D eigenvalue weighted by Crippen LogP contribution is -2.29.